The van der Waals surface area contributed by atoms with E-state index in [-0.39, 0.29) is 11.7 Å². The second kappa shape index (κ2) is 8.07. The molecule has 5 nitrogen and oxygen atoms in total. The molecule has 2 aromatic carbocycles. The van der Waals surface area contributed by atoms with Gasteiger partial charge in [-0.2, -0.15) is 0 Å². The zero-order valence-corrected chi connectivity index (χ0v) is 16.3. The Balaban J connectivity index is 1.48. The lowest BCUT2D eigenvalue weighted by Crippen LogP contribution is -2.38. The highest BCUT2D eigenvalue weighted by atomic mass is 16.5. The third-order valence-electron chi connectivity index (χ3n) is 5.41. The van der Waals surface area contributed by atoms with Crippen LogP contribution in [0.1, 0.15) is 29.0 Å². The zero-order chi connectivity index (χ0) is 19.5. The van der Waals surface area contributed by atoms with E-state index < -0.39 is 0 Å². The van der Waals surface area contributed by atoms with Crippen molar-refractivity contribution in [1.82, 2.24) is 4.90 Å². The number of ether oxygens (including phenoxy) is 2. The SMILES string of the molecule is COc1ccc(C(=O)[C@@H]2CCCN(Cc3cc4ccccc4o3)C2)c(OC)c1. The fourth-order valence-corrected chi connectivity index (χ4v) is 3.97. The molecule has 0 N–H and O–H groups in total. The van der Waals surface area contributed by atoms with Gasteiger partial charge in [0.15, 0.2) is 5.78 Å². The predicted octanol–water partition coefficient (Wildman–Crippen LogP) is 4.54. The molecule has 1 aliphatic heterocycles. The first kappa shape index (κ1) is 18.6. The normalized spacial score (nSPS) is 17.6. The van der Waals surface area contributed by atoms with E-state index in [1.165, 1.54) is 0 Å². The number of piperidine rings is 1. The van der Waals surface area contributed by atoms with Crippen LogP contribution >= 0.6 is 0 Å². The Morgan fingerprint density at radius 1 is 1.14 bits per heavy atom. The van der Waals surface area contributed by atoms with Gasteiger partial charge in [0.25, 0.3) is 0 Å². The molecule has 28 heavy (non-hydrogen) atoms. The number of rotatable bonds is 6. The average molecular weight is 379 g/mol. The van der Waals surface area contributed by atoms with Crippen LogP contribution in [0.2, 0.25) is 0 Å². The van der Waals surface area contributed by atoms with E-state index in [0.717, 1.165) is 49.2 Å². The molecule has 0 spiro atoms. The lowest BCUT2D eigenvalue weighted by molar-refractivity contribution is 0.0800. The molecule has 0 bridgehead atoms. The molecule has 1 aromatic heterocycles. The van der Waals surface area contributed by atoms with Gasteiger partial charge in [0.2, 0.25) is 0 Å². The summed E-state index contributed by atoms with van der Waals surface area (Å²) in [6.07, 6.45) is 1.89. The van der Waals surface area contributed by atoms with Crippen molar-refractivity contribution < 1.29 is 18.7 Å². The highest BCUT2D eigenvalue weighted by Crippen LogP contribution is 2.30. The summed E-state index contributed by atoms with van der Waals surface area (Å²) in [6.45, 7) is 2.42. The number of benzene rings is 2. The lowest BCUT2D eigenvalue weighted by Gasteiger charge is -2.31. The topological polar surface area (TPSA) is 51.9 Å². The van der Waals surface area contributed by atoms with Crippen LogP contribution in [0.4, 0.5) is 0 Å². The molecule has 3 aromatic rings. The Hall–Kier alpha value is -2.79. The summed E-state index contributed by atoms with van der Waals surface area (Å²) in [5.74, 6) is 2.29. The smallest absolute Gasteiger partial charge is 0.170 e. The van der Waals surface area contributed by atoms with Crippen molar-refractivity contribution in [3.63, 3.8) is 0 Å². The molecule has 0 aliphatic carbocycles. The number of para-hydroxylation sites is 1. The maximum atomic E-state index is 13.1. The maximum Gasteiger partial charge on any atom is 0.170 e. The second-order valence-corrected chi connectivity index (χ2v) is 7.26. The maximum absolute atomic E-state index is 13.1. The van der Waals surface area contributed by atoms with E-state index >= 15 is 0 Å². The predicted molar refractivity (Wildman–Crippen MR) is 108 cm³/mol. The summed E-state index contributed by atoms with van der Waals surface area (Å²) in [7, 11) is 3.19. The van der Waals surface area contributed by atoms with Crippen molar-refractivity contribution >= 4 is 16.8 Å². The van der Waals surface area contributed by atoms with Crippen LogP contribution in [0, 0.1) is 5.92 Å². The molecule has 1 atom stereocenters. The summed E-state index contributed by atoms with van der Waals surface area (Å²) in [5, 5.41) is 1.12. The van der Waals surface area contributed by atoms with Gasteiger partial charge in [0.05, 0.1) is 26.3 Å². The quantitative estimate of drug-likeness (QED) is 0.588. The van der Waals surface area contributed by atoms with Crippen LogP contribution in [0.25, 0.3) is 11.0 Å². The van der Waals surface area contributed by atoms with Gasteiger partial charge < -0.3 is 13.9 Å². The van der Waals surface area contributed by atoms with Crippen molar-refractivity contribution in [2.75, 3.05) is 27.3 Å². The molecule has 5 heteroatoms. The van der Waals surface area contributed by atoms with Gasteiger partial charge in [-0.3, -0.25) is 9.69 Å². The Morgan fingerprint density at radius 2 is 2.00 bits per heavy atom. The van der Waals surface area contributed by atoms with Gasteiger partial charge in [-0.05, 0) is 43.7 Å². The molecule has 1 fully saturated rings. The molecule has 0 radical (unpaired) electrons. The van der Waals surface area contributed by atoms with Gasteiger partial charge in [-0.15, -0.1) is 0 Å². The number of nitrogens with zero attached hydrogens (tertiary/aromatic N) is 1. The number of furan rings is 1. The summed E-state index contributed by atoms with van der Waals surface area (Å²) >= 11 is 0. The summed E-state index contributed by atoms with van der Waals surface area (Å²) in [6, 6.07) is 15.5. The Labute approximate surface area is 164 Å². The number of hydrogen-bond donors (Lipinski definition) is 0. The van der Waals surface area contributed by atoms with Crippen LogP contribution in [0.5, 0.6) is 11.5 Å². The van der Waals surface area contributed by atoms with Gasteiger partial charge in [0, 0.05) is 23.9 Å². The number of carbonyl (C=O) groups is 1. The standard InChI is InChI=1S/C23H25NO4/c1-26-18-9-10-20(22(13-18)27-2)23(25)17-7-5-11-24(14-17)15-19-12-16-6-3-4-8-21(16)28-19/h3-4,6,8-10,12-13,17H,5,7,11,14-15H2,1-2H3/t17-/m1/s1. The fourth-order valence-electron chi connectivity index (χ4n) is 3.97. The van der Waals surface area contributed by atoms with Crippen molar-refractivity contribution in [2.45, 2.75) is 19.4 Å². The highest BCUT2D eigenvalue weighted by molar-refractivity contribution is 6.00. The van der Waals surface area contributed by atoms with Crippen molar-refractivity contribution in [3.05, 3.63) is 59.9 Å². The number of likely N-dealkylation sites (tertiary alicyclic amines) is 1. The molecular formula is C23H25NO4. The van der Waals surface area contributed by atoms with E-state index in [2.05, 4.69) is 17.0 Å². The molecule has 0 unspecified atom stereocenters. The number of hydrogen-bond acceptors (Lipinski definition) is 5. The lowest BCUT2D eigenvalue weighted by atomic mass is 9.89. The number of fused-ring (bicyclic) bond motifs is 1. The second-order valence-electron chi connectivity index (χ2n) is 7.26. The molecule has 1 saturated heterocycles. The van der Waals surface area contributed by atoms with Crippen LogP contribution in [-0.2, 0) is 6.54 Å². The molecule has 0 saturated carbocycles. The van der Waals surface area contributed by atoms with E-state index in [9.17, 15) is 4.79 Å². The van der Waals surface area contributed by atoms with Gasteiger partial charge in [-0.25, -0.2) is 0 Å². The van der Waals surface area contributed by atoms with Crippen LogP contribution in [0.3, 0.4) is 0 Å². The van der Waals surface area contributed by atoms with Gasteiger partial charge >= 0.3 is 0 Å². The molecule has 2 heterocycles. The zero-order valence-electron chi connectivity index (χ0n) is 16.3. The van der Waals surface area contributed by atoms with Crippen LogP contribution in [-0.4, -0.2) is 38.0 Å². The molecule has 146 valence electrons. The average Bonchev–Trinajstić information content (AvgIpc) is 3.15. The highest BCUT2D eigenvalue weighted by Gasteiger charge is 2.29. The first-order chi connectivity index (χ1) is 13.7. The Kier molecular flexibility index (Phi) is 5.35. The molecule has 0 amide bonds. The minimum atomic E-state index is -0.0413. The number of carbonyl (C=O) groups excluding carboxylic acids is 1. The first-order valence-electron chi connectivity index (χ1n) is 9.64. The first-order valence-corrected chi connectivity index (χ1v) is 9.64. The monoisotopic (exact) mass is 379 g/mol. The Morgan fingerprint density at radius 3 is 2.79 bits per heavy atom. The van der Waals surface area contributed by atoms with Gasteiger partial charge in [-0.1, -0.05) is 18.2 Å². The van der Waals surface area contributed by atoms with Crippen LogP contribution in [0.15, 0.2) is 52.9 Å². The molecular weight excluding hydrogens is 354 g/mol. The fraction of sp³-hybridized carbons (Fsp3) is 0.348. The summed E-state index contributed by atoms with van der Waals surface area (Å²) < 4.78 is 16.6. The largest absolute Gasteiger partial charge is 0.497 e. The number of Topliss-reactive ketones (excluding diaryl/α,β-unsaturated/α-hetero) is 1. The minimum Gasteiger partial charge on any atom is -0.497 e. The third-order valence-corrected chi connectivity index (χ3v) is 5.41. The van der Waals surface area contributed by atoms with Crippen molar-refractivity contribution in [2.24, 2.45) is 5.92 Å². The van der Waals surface area contributed by atoms with E-state index in [1.54, 1.807) is 26.4 Å². The number of ketones is 1. The minimum absolute atomic E-state index is 0.0413. The summed E-state index contributed by atoms with van der Waals surface area (Å²) in [4.78, 5) is 15.5. The Bertz CT molecular complexity index is 945. The van der Waals surface area contributed by atoms with E-state index in [0.29, 0.717) is 17.1 Å². The van der Waals surface area contributed by atoms with Crippen molar-refractivity contribution in [1.29, 1.82) is 0 Å². The number of methoxy groups -OCH3 is 2. The molecule has 4 rings (SSSR count). The van der Waals surface area contributed by atoms with Crippen molar-refractivity contribution in [3.8, 4) is 11.5 Å². The third kappa shape index (κ3) is 3.76. The summed E-state index contributed by atoms with van der Waals surface area (Å²) in [5.41, 5.74) is 1.53. The van der Waals surface area contributed by atoms with E-state index in [4.69, 9.17) is 13.9 Å². The molecule has 1 aliphatic rings. The van der Waals surface area contributed by atoms with E-state index in [1.807, 2.05) is 24.3 Å². The van der Waals surface area contributed by atoms with Crippen LogP contribution < -0.4 is 9.47 Å². The van der Waals surface area contributed by atoms with Gasteiger partial charge in [0.1, 0.15) is 22.8 Å².